The van der Waals surface area contributed by atoms with Gasteiger partial charge in [0.1, 0.15) is 0 Å². The van der Waals surface area contributed by atoms with Crippen LogP contribution in [0.5, 0.6) is 0 Å². The van der Waals surface area contributed by atoms with Crippen molar-refractivity contribution in [2.24, 2.45) is 5.73 Å². The van der Waals surface area contributed by atoms with Crippen molar-refractivity contribution in [2.75, 3.05) is 23.3 Å². The number of rotatable bonds is 10. The van der Waals surface area contributed by atoms with Crippen LogP contribution in [-0.4, -0.2) is 41.0 Å². The molecule has 9 heteroatoms. The monoisotopic (exact) mass is 580 g/mol. The zero-order valence-corrected chi connectivity index (χ0v) is 23.9. The van der Waals surface area contributed by atoms with E-state index in [-0.39, 0.29) is 12.3 Å². The van der Waals surface area contributed by atoms with E-state index in [2.05, 4.69) is 15.2 Å². The second-order valence-corrected chi connectivity index (χ2v) is 11.3. The Morgan fingerprint density at radius 1 is 0.881 bits per heavy atom. The topological polar surface area (TPSA) is 126 Å². The minimum Gasteiger partial charge on any atom is -0.481 e. The molecule has 1 aliphatic rings. The summed E-state index contributed by atoms with van der Waals surface area (Å²) in [7, 11) is 0. The highest BCUT2D eigenvalue weighted by molar-refractivity contribution is 7.98. The highest BCUT2D eigenvalue weighted by Crippen LogP contribution is 2.33. The molecule has 1 aliphatic heterocycles. The maximum atomic E-state index is 13.5. The molecule has 1 aromatic heterocycles. The molecular weight excluding hydrogens is 548 g/mol. The normalized spacial score (nSPS) is 13.0. The molecular formula is C33H32N4O4S. The van der Waals surface area contributed by atoms with Gasteiger partial charge in [0.25, 0.3) is 5.91 Å². The number of carboxylic acid groups (broad SMARTS) is 1. The SMILES string of the molecule is NC(=O)c1ccnc(-c2cc(N3CCCCC3)ccc2NC(=O)c2cccc(CSc3cccc(CC(=O)O)c3)c2)c1. The lowest BCUT2D eigenvalue weighted by Crippen LogP contribution is -2.29. The van der Waals surface area contributed by atoms with Gasteiger partial charge in [-0.05, 0) is 85.0 Å². The molecule has 0 aliphatic carbocycles. The summed E-state index contributed by atoms with van der Waals surface area (Å²) in [6.07, 6.45) is 5.01. The highest BCUT2D eigenvalue weighted by Gasteiger charge is 2.17. The number of thioether (sulfide) groups is 1. The summed E-state index contributed by atoms with van der Waals surface area (Å²) in [5.74, 6) is -1.04. The summed E-state index contributed by atoms with van der Waals surface area (Å²) in [6.45, 7) is 1.93. The number of nitrogens with two attached hydrogens (primary N) is 1. The average Bonchev–Trinajstić information content (AvgIpc) is 3.01. The zero-order valence-electron chi connectivity index (χ0n) is 23.1. The number of amides is 2. The number of anilines is 2. The van der Waals surface area contributed by atoms with Gasteiger partial charge in [0, 0.05) is 52.3 Å². The lowest BCUT2D eigenvalue weighted by molar-refractivity contribution is -0.136. The molecule has 2 amide bonds. The van der Waals surface area contributed by atoms with E-state index in [9.17, 15) is 14.4 Å². The summed E-state index contributed by atoms with van der Waals surface area (Å²) in [6, 6.07) is 24.1. The number of nitrogens with one attached hydrogen (secondary N) is 1. The average molecular weight is 581 g/mol. The lowest BCUT2D eigenvalue weighted by Gasteiger charge is -2.29. The number of aliphatic carboxylic acids is 1. The number of carbonyl (C=O) groups excluding carboxylic acids is 2. The van der Waals surface area contributed by atoms with E-state index in [4.69, 9.17) is 10.8 Å². The van der Waals surface area contributed by atoms with Gasteiger partial charge in [-0.1, -0.05) is 24.3 Å². The van der Waals surface area contributed by atoms with Crippen LogP contribution in [-0.2, 0) is 17.0 Å². The van der Waals surface area contributed by atoms with E-state index >= 15 is 0 Å². The molecule has 1 fully saturated rings. The van der Waals surface area contributed by atoms with E-state index in [1.165, 1.54) is 6.42 Å². The number of nitrogens with zero attached hydrogens (tertiary/aromatic N) is 2. The minimum atomic E-state index is -0.864. The number of hydrogen-bond donors (Lipinski definition) is 3. The first-order chi connectivity index (χ1) is 20.4. The second kappa shape index (κ2) is 13.4. The van der Waals surface area contributed by atoms with Gasteiger partial charge < -0.3 is 21.1 Å². The standard InChI is InChI=1S/C33H32N4O4S/c34-32(40)24-12-13-35-30(19-24)28-20-26(37-14-2-1-3-15-37)10-11-29(28)36-33(41)25-8-4-7-23(16-25)21-42-27-9-5-6-22(17-27)18-31(38)39/h4-13,16-17,19-20H,1-3,14-15,18,21H2,(H2,34,40)(H,36,41)(H,38,39). The maximum Gasteiger partial charge on any atom is 0.307 e. The fourth-order valence-corrected chi connectivity index (χ4v) is 5.94. The fraction of sp³-hybridized carbons (Fsp3) is 0.212. The van der Waals surface area contributed by atoms with Crippen LogP contribution in [0, 0.1) is 0 Å². The Bertz CT molecular complexity index is 1620. The molecule has 5 rings (SSSR count). The highest BCUT2D eigenvalue weighted by atomic mass is 32.2. The lowest BCUT2D eigenvalue weighted by atomic mass is 10.0. The van der Waals surface area contributed by atoms with E-state index in [1.54, 1.807) is 42.2 Å². The van der Waals surface area contributed by atoms with E-state index in [1.807, 2.05) is 54.6 Å². The summed E-state index contributed by atoms with van der Waals surface area (Å²) in [5, 5.41) is 12.1. The number of primary amides is 1. The number of piperidine rings is 1. The van der Waals surface area contributed by atoms with Gasteiger partial charge in [0.05, 0.1) is 17.8 Å². The van der Waals surface area contributed by atoms with E-state index in [0.717, 1.165) is 47.6 Å². The molecule has 4 N–H and O–H groups in total. The third-order valence-electron chi connectivity index (χ3n) is 7.14. The summed E-state index contributed by atoms with van der Waals surface area (Å²) in [5.41, 5.74) is 11.0. The zero-order chi connectivity index (χ0) is 29.5. The predicted molar refractivity (Wildman–Crippen MR) is 166 cm³/mol. The second-order valence-electron chi connectivity index (χ2n) is 10.2. The Labute approximate surface area is 249 Å². The first-order valence-corrected chi connectivity index (χ1v) is 14.8. The summed E-state index contributed by atoms with van der Waals surface area (Å²) >= 11 is 1.58. The van der Waals surface area contributed by atoms with Gasteiger partial charge in [-0.15, -0.1) is 11.8 Å². The third-order valence-corrected chi connectivity index (χ3v) is 8.21. The van der Waals surface area contributed by atoms with Gasteiger partial charge in [0.15, 0.2) is 0 Å². The molecule has 4 aromatic rings. The summed E-state index contributed by atoms with van der Waals surface area (Å²) < 4.78 is 0. The fourth-order valence-electron chi connectivity index (χ4n) is 5.02. The molecule has 42 heavy (non-hydrogen) atoms. The van der Waals surface area contributed by atoms with Crippen molar-refractivity contribution in [1.29, 1.82) is 0 Å². The Kier molecular flexibility index (Phi) is 9.18. The van der Waals surface area contributed by atoms with Gasteiger partial charge in [-0.2, -0.15) is 0 Å². The van der Waals surface area contributed by atoms with Crippen LogP contribution in [0.15, 0.2) is 90.0 Å². The molecule has 0 spiro atoms. The molecule has 0 saturated carbocycles. The molecule has 0 unspecified atom stereocenters. The number of benzene rings is 3. The molecule has 0 bridgehead atoms. The molecule has 0 atom stereocenters. The van der Waals surface area contributed by atoms with E-state index < -0.39 is 11.9 Å². The summed E-state index contributed by atoms with van der Waals surface area (Å²) in [4.78, 5) is 44.2. The van der Waals surface area contributed by atoms with Crippen LogP contribution < -0.4 is 16.0 Å². The minimum absolute atomic E-state index is 0.0204. The van der Waals surface area contributed by atoms with Crippen molar-refractivity contribution in [2.45, 2.75) is 36.3 Å². The first kappa shape index (κ1) is 28.9. The maximum absolute atomic E-state index is 13.5. The van der Waals surface area contributed by atoms with Crippen molar-refractivity contribution in [3.8, 4) is 11.3 Å². The smallest absolute Gasteiger partial charge is 0.307 e. The number of carbonyl (C=O) groups is 3. The predicted octanol–water partition coefficient (Wildman–Crippen LogP) is 6.01. The molecule has 3 aromatic carbocycles. The molecule has 2 heterocycles. The number of carboxylic acids is 1. The Hall–Kier alpha value is -4.63. The van der Waals surface area contributed by atoms with Crippen molar-refractivity contribution in [3.05, 3.63) is 107 Å². The number of hydrogen-bond acceptors (Lipinski definition) is 6. The van der Waals surface area contributed by atoms with Gasteiger partial charge in [-0.3, -0.25) is 19.4 Å². The molecule has 8 nitrogen and oxygen atoms in total. The van der Waals surface area contributed by atoms with Crippen LogP contribution in [0.2, 0.25) is 0 Å². The largest absolute Gasteiger partial charge is 0.481 e. The van der Waals surface area contributed by atoms with Crippen LogP contribution in [0.3, 0.4) is 0 Å². The van der Waals surface area contributed by atoms with E-state index in [0.29, 0.717) is 33.8 Å². The van der Waals surface area contributed by atoms with Crippen LogP contribution in [0.1, 0.15) is 51.1 Å². The first-order valence-electron chi connectivity index (χ1n) is 13.8. The Morgan fingerprint density at radius 3 is 2.45 bits per heavy atom. The number of aromatic nitrogens is 1. The van der Waals surface area contributed by atoms with Gasteiger partial charge in [0.2, 0.25) is 5.91 Å². The quantitative estimate of drug-likeness (QED) is 0.196. The molecule has 214 valence electrons. The van der Waals surface area contributed by atoms with Crippen molar-refractivity contribution in [3.63, 3.8) is 0 Å². The Morgan fingerprint density at radius 2 is 1.67 bits per heavy atom. The van der Waals surface area contributed by atoms with Crippen molar-refractivity contribution >= 4 is 40.9 Å². The van der Waals surface area contributed by atoms with Crippen LogP contribution in [0.4, 0.5) is 11.4 Å². The van der Waals surface area contributed by atoms with Crippen LogP contribution in [0.25, 0.3) is 11.3 Å². The van der Waals surface area contributed by atoms with Gasteiger partial charge >= 0.3 is 5.97 Å². The van der Waals surface area contributed by atoms with Gasteiger partial charge in [-0.25, -0.2) is 0 Å². The molecule has 0 radical (unpaired) electrons. The Balaban J connectivity index is 1.36. The van der Waals surface area contributed by atoms with Crippen molar-refractivity contribution in [1.82, 2.24) is 4.98 Å². The third kappa shape index (κ3) is 7.36. The van der Waals surface area contributed by atoms with Crippen LogP contribution >= 0.6 is 11.8 Å². The number of pyridine rings is 1. The molecule has 1 saturated heterocycles. The van der Waals surface area contributed by atoms with Crippen molar-refractivity contribution < 1.29 is 19.5 Å².